The van der Waals surface area contributed by atoms with E-state index in [2.05, 4.69) is 30.8 Å². The molecule has 2 heterocycles. The molecular formula is C16H27N3O2. The molecule has 1 aliphatic rings. The molecule has 0 aromatic carbocycles. The Hall–Kier alpha value is -1.36. The molecule has 1 aliphatic heterocycles. The lowest BCUT2D eigenvalue weighted by Gasteiger charge is -2.36. The minimum atomic E-state index is -0.700. The smallest absolute Gasteiger partial charge is 0.320 e. The van der Waals surface area contributed by atoms with Gasteiger partial charge in [-0.1, -0.05) is 20.3 Å². The average molecular weight is 293 g/mol. The summed E-state index contributed by atoms with van der Waals surface area (Å²) < 4.78 is 1.98. The van der Waals surface area contributed by atoms with E-state index in [1.54, 1.807) is 0 Å². The maximum absolute atomic E-state index is 11.5. The lowest BCUT2D eigenvalue weighted by molar-refractivity contribution is -0.145. The molecule has 0 radical (unpaired) electrons. The third-order valence-electron chi connectivity index (χ3n) is 4.76. The molecule has 1 aromatic heterocycles. The highest BCUT2D eigenvalue weighted by atomic mass is 16.4. The van der Waals surface area contributed by atoms with Gasteiger partial charge in [-0.25, -0.2) is 0 Å². The second-order valence-corrected chi connectivity index (χ2v) is 6.17. The van der Waals surface area contributed by atoms with E-state index in [4.69, 9.17) is 0 Å². The van der Waals surface area contributed by atoms with E-state index in [1.165, 1.54) is 0 Å². The fraction of sp³-hybridized carbons (Fsp3) is 0.750. The normalized spacial score (nSPS) is 24.9. The summed E-state index contributed by atoms with van der Waals surface area (Å²) in [5, 5.41) is 14.1. The van der Waals surface area contributed by atoms with Gasteiger partial charge in [-0.3, -0.25) is 14.4 Å². The number of carboxylic acid groups (broad SMARTS) is 1. The van der Waals surface area contributed by atoms with Gasteiger partial charge in [0.2, 0.25) is 0 Å². The van der Waals surface area contributed by atoms with Crippen LogP contribution in [0.15, 0.2) is 12.3 Å². The molecular weight excluding hydrogens is 266 g/mol. The Bertz CT molecular complexity index is 472. The maximum atomic E-state index is 11.5. The van der Waals surface area contributed by atoms with Crippen molar-refractivity contribution in [1.29, 1.82) is 0 Å². The predicted molar refractivity (Wildman–Crippen MR) is 82.1 cm³/mol. The van der Waals surface area contributed by atoms with Crippen LogP contribution in [0.5, 0.6) is 0 Å². The zero-order valence-electron chi connectivity index (χ0n) is 13.3. The van der Waals surface area contributed by atoms with Gasteiger partial charge in [0.15, 0.2) is 0 Å². The number of piperidine rings is 1. The Kier molecular flexibility index (Phi) is 5.39. The lowest BCUT2D eigenvalue weighted by atomic mass is 9.89. The maximum Gasteiger partial charge on any atom is 0.320 e. The van der Waals surface area contributed by atoms with Gasteiger partial charge in [-0.15, -0.1) is 0 Å². The number of aliphatic carboxylic acids is 1. The molecule has 1 fully saturated rings. The number of carboxylic acids is 1. The van der Waals surface area contributed by atoms with Crippen molar-refractivity contribution < 1.29 is 9.90 Å². The average Bonchev–Trinajstić information content (AvgIpc) is 2.95. The van der Waals surface area contributed by atoms with Crippen LogP contribution in [0.4, 0.5) is 0 Å². The third-order valence-corrected chi connectivity index (χ3v) is 4.76. The summed E-state index contributed by atoms with van der Waals surface area (Å²) in [6.07, 6.45) is 5.96. The Morgan fingerprint density at radius 3 is 2.90 bits per heavy atom. The fourth-order valence-electron chi connectivity index (χ4n) is 3.01. The minimum absolute atomic E-state index is 0.363. The quantitative estimate of drug-likeness (QED) is 0.876. The summed E-state index contributed by atoms with van der Waals surface area (Å²) >= 11 is 0. The summed E-state index contributed by atoms with van der Waals surface area (Å²) in [6, 6.07) is 2.04. The molecule has 0 aliphatic carbocycles. The van der Waals surface area contributed by atoms with Gasteiger partial charge in [0, 0.05) is 18.8 Å². The van der Waals surface area contributed by atoms with Gasteiger partial charge in [0.05, 0.1) is 5.69 Å². The highest BCUT2D eigenvalue weighted by Gasteiger charge is 2.32. The molecule has 21 heavy (non-hydrogen) atoms. The summed E-state index contributed by atoms with van der Waals surface area (Å²) in [7, 11) is 0. The molecule has 0 saturated carbocycles. The summed E-state index contributed by atoms with van der Waals surface area (Å²) in [5.74, 6) is -0.158. The van der Waals surface area contributed by atoms with Crippen molar-refractivity contribution in [1.82, 2.24) is 14.7 Å². The molecule has 5 nitrogen and oxygen atoms in total. The molecule has 0 amide bonds. The second kappa shape index (κ2) is 7.07. The standard InChI is InChI=1S/C16H27N3O2/c1-4-12(3)19-9-7-14(17-19)11-18-8-6-13(5-2)10-15(18)16(20)21/h7,9,12-13,15H,4-6,8,10-11H2,1-3H3,(H,20,21). The fourth-order valence-corrected chi connectivity index (χ4v) is 3.01. The van der Waals surface area contributed by atoms with Gasteiger partial charge in [-0.2, -0.15) is 5.10 Å². The van der Waals surface area contributed by atoms with Gasteiger partial charge >= 0.3 is 5.97 Å². The van der Waals surface area contributed by atoms with Crippen LogP contribution in [0.25, 0.3) is 0 Å². The van der Waals surface area contributed by atoms with Crippen molar-refractivity contribution >= 4 is 5.97 Å². The van der Waals surface area contributed by atoms with Crippen LogP contribution in [0.1, 0.15) is 58.2 Å². The zero-order chi connectivity index (χ0) is 15.4. The first kappa shape index (κ1) is 16.0. The summed E-state index contributed by atoms with van der Waals surface area (Å²) in [4.78, 5) is 13.6. The van der Waals surface area contributed by atoms with Crippen LogP contribution in [0.2, 0.25) is 0 Å². The van der Waals surface area contributed by atoms with Crippen molar-refractivity contribution in [2.24, 2.45) is 5.92 Å². The van der Waals surface area contributed by atoms with E-state index < -0.39 is 5.97 Å². The number of nitrogens with zero attached hydrogens (tertiary/aromatic N) is 3. The van der Waals surface area contributed by atoms with Crippen molar-refractivity contribution in [2.45, 2.75) is 65.1 Å². The first-order chi connectivity index (χ1) is 10.0. The number of hydrogen-bond donors (Lipinski definition) is 1. The molecule has 5 heteroatoms. The van der Waals surface area contributed by atoms with Gasteiger partial charge < -0.3 is 5.11 Å². The van der Waals surface area contributed by atoms with E-state index in [9.17, 15) is 9.90 Å². The van der Waals surface area contributed by atoms with Crippen LogP contribution in [-0.2, 0) is 11.3 Å². The first-order valence-corrected chi connectivity index (χ1v) is 8.06. The Balaban J connectivity index is 2.03. The molecule has 0 bridgehead atoms. The highest BCUT2D eigenvalue weighted by Crippen LogP contribution is 2.26. The van der Waals surface area contributed by atoms with Crippen molar-refractivity contribution in [3.8, 4) is 0 Å². The summed E-state index contributed by atoms with van der Waals surface area (Å²) in [6.45, 7) is 7.92. The van der Waals surface area contributed by atoms with Crippen LogP contribution in [0.3, 0.4) is 0 Å². The molecule has 0 spiro atoms. The van der Waals surface area contributed by atoms with E-state index in [0.29, 0.717) is 18.5 Å². The Labute approximate surface area is 126 Å². The topological polar surface area (TPSA) is 58.4 Å². The lowest BCUT2D eigenvalue weighted by Crippen LogP contribution is -2.46. The molecule has 2 rings (SSSR count). The second-order valence-electron chi connectivity index (χ2n) is 6.17. The van der Waals surface area contributed by atoms with Crippen LogP contribution in [0, 0.1) is 5.92 Å². The van der Waals surface area contributed by atoms with E-state index in [1.807, 2.05) is 16.9 Å². The minimum Gasteiger partial charge on any atom is -0.480 e. The third kappa shape index (κ3) is 3.84. The number of likely N-dealkylation sites (tertiary alicyclic amines) is 1. The number of carbonyl (C=O) groups is 1. The molecule has 3 atom stereocenters. The van der Waals surface area contributed by atoms with Crippen molar-refractivity contribution in [3.05, 3.63) is 18.0 Å². The van der Waals surface area contributed by atoms with Gasteiger partial charge in [-0.05, 0) is 44.7 Å². The molecule has 118 valence electrons. The Morgan fingerprint density at radius 1 is 1.52 bits per heavy atom. The van der Waals surface area contributed by atoms with Gasteiger partial charge in [0.1, 0.15) is 6.04 Å². The zero-order valence-corrected chi connectivity index (χ0v) is 13.3. The number of hydrogen-bond acceptors (Lipinski definition) is 3. The van der Waals surface area contributed by atoms with E-state index in [0.717, 1.165) is 37.9 Å². The van der Waals surface area contributed by atoms with E-state index in [-0.39, 0.29) is 6.04 Å². The molecule has 1 aromatic rings. The SMILES string of the molecule is CCC1CCN(Cc2ccn(C(C)CC)n2)C(C(=O)O)C1. The van der Waals surface area contributed by atoms with E-state index >= 15 is 0 Å². The van der Waals surface area contributed by atoms with Crippen LogP contribution in [-0.4, -0.2) is 38.3 Å². The summed E-state index contributed by atoms with van der Waals surface area (Å²) in [5.41, 5.74) is 0.969. The largest absolute Gasteiger partial charge is 0.480 e. The Morgan fingerprint density at radius 2 is 2.29 bits per heavy atom. The molecule has 1 N–H and O–H groups in total. The first-order valence-electron chi connectivity index (χ1n) is 8.06. The molecule has 3 unspecified atom stereocenters. The van der Waals surface area contributed by atoms with Crippen LogP contribution < -0.4 is 0 Å². The van der Waals surface area contributed by atoms with Crippen molar-refractivity contribution in [3.63, 3.8) is 0 Å². The number of rotatable bonds is 6. The predicted octanol–water partition coefficient (Wildman–Crippen LogP) is 2.93. The highest BCUT2D eigenvalue weighted by molar-refractivity contribution is 5.73. The molecule has 1 saturated heterocycles. The van der Waals surface area contributed by atoms with Crippen molar-refractivity contribution in [2.75, 3.05) is 6.54 Å². The monoisotopic (exact) mass is 293 g/mol. The van der Waals surface area contributed by atoms with Crippen LogP contribution >= 0.6 is 0 Å². The number of aromatic nitrogens is 2. The van der Waals surface area contributed by atoms with Gasteiger partial charge in [0.25, 0.3) is 0 Å².